The molecule has 3 aromatic heterocycles. The number of benzene rings is 1. The quantitative estimate of drug-likeness (QED) is 0.210. The summed E-state index contributed by atoms with van der Waals surface area (Å²) in [7, 11) is 1.51. The van der Waals surface area contributed by atoms with Gasteiger partial charge >= 0.3 is 12.1 Å². The van der Waals surface area contributed by atoms with Crippen LogP contribution in [0.25, 0.3) is 16.9 Å². The summed E-state index contributed by atoms with van der Waals surface area (Å²) in [5.74, 6) is -0.925. The number of pyridine rings is 1. The van der Waals surface area contributed by atoms with E-state index in [1.165, 1.54) is 37.1 Å². The first-order valence-corrected chi connectivity index (χ1v) is 12.0. The summed E-state index contributed by atoms with van der Waals surface area (Å²) in [6, 6.07) is 7.60. The number of halogens is 4. The maximum atomic E-state index is 13.5. The lowest BCUT2D eigenvalue weighted by Gasteiger charge is -2.15. The first kappa shape index (κ1) is 27.9. The van der Waals surface area contributed by atoms with Gasteiger partial charge in [0.15, 0.2) is 0 Å². The smallest absolute Gasteiger partial charge is 0.417 e. The molecule has 0 saturated carbocycles. The number of hydrogen-bond donors (Lipinski definition) is 3. The summed E-state index contributed by atoms with van der Waals surface area (Å²) in [5.41, 5.74) is 1.28. The van der Waals surface area contributed by atoms with Gasteiger partial charge in [-0.2, -0.15) is 18.2 Å². The average molecular weight is 561 g/mol. The van der Waals surface area contributed by atoms with Crippen molar-refractivity contribution in [2.75, 3.05) is 30.9 Å². The largest absolute Gasteiger partial charge is 0.478 e. The van der Waals surface area contributed by atoms with E-state index in [4.69, 9.17) is 16.3 Å². The van der Waals surface area contributed by atoms with Gasteiger partial charge in [0.1, 0.15) is 17.2 Å². The number of methoxy groups -OCH3 is 1. The lowest BCUT2D eigenvalue weighted by molar-refractivity contribution is -0.137. The van der Waals surface area contributed by atoms with Crippen molar-refractivity contribution in [2.45, 2.75) is 20.0 Å². The first-order chi connectivity index (χ1) is 18.5. The summed E-state index contributed by atoms with van der Waals surface area (Å²) in [5, 5.41) is 16.2. The van der Waals surface area contributed by atoms with Crippen molar-refractivity contribution >= 4 is 35.0 Å². The topological polar surface area (TPSA) is 114 Å². The molecular weight excluding hydrogens is 537 g/mol. The van der Waals surface area contributed by atoms with E-state index in [1.807, 2.05) is 6.92 Å². The van der Waals surface area contributed by atoms with Crippen molar-refractivity contribution in [1.82, 2.24) is 19.5 Å². The molecule has 39 heavy (non-hydrogen) atoms. The van der Waals surface area contributed by atoms with Crippen LogP contribution in [0.15, 0.2) is 48.9 Å². The Bertz CT molecular complexity index is 1520. The Kier molecular flexibility index (Phi) is 8.07. The third kappa shape index (κ3) is 6.29. The molecule has 13 heteroatoms. The van der Waals surface area contributed by atoms with Crippen LogP contribution in [0.2, 0.25) is 5.02 Å². The summed E-state index contributed by atoms with van der Waals surface area (Å²) in [4.78, 5) is 25.0. The number of rotatable bonds is 9. The standard InChI is InChI=1S/C26H24ClF3N6O3/c1-14-4-5-18(10-21(14)27)34-25-33-12-20(23(35-25)36-13-17(8-15(36)2)26(28,29)30)16-9-19(24(37)38)22(32-11-16)31-6-7-39-3/h4-5,8-13H,6-7H2,1-3H3,(H,31,32)(H,37,38)(H,33,34,35). The second kappa shape index (κ2) is 11.3. The van der Waals surface area contributed by atoms with Gasteiger partial charge in [-0.1, -0.05) is 17.7 Å². The minimum Gasteiger partial charge on any atom is -0.478 e. The van der Waals surface area contributed by atoms with Crippen molar-refractivity contribution in [1.29, 1.82) is 0 Å². The van der Waals surface area contributed by atoms with E-state index in [1.54, 1.807) is 18.2 Å². The third-order valence-corrected chi connectivity index (χ3v) is 6.20. The highest BCUT2D eigenvalue weighted by molar-refractivity contribution is 6.31. The van der Waals surface area contributed by atoms with Crippen molar-refractivity contribution in [3.63, 3.8) is 0 Å². The predicted octanol–water partition coefficient (Wildman–Crippen LogP) is 6.12. The first-order valence-electron chi connectivity index (χ1n) is 11.6. The van der Waals surface area contributed by atoms with Crippen molar-refractivity contribution in [3.8, 4) is 16.9 Å². The maximum Gasteiger partial charge on any atom is 0.417 e. The second-order valence-electron chi connectivity index (χ2n) is 8.60. The summed E-state index contributed by atoms with van der Waals surface area (Å²) in [6.07, 6.45) is -0.843. The van der Waals surface area contributed by atoms with Crippen LogP contribution in [0.3, 0.4) is 0 Å². The average Bonchev–Trinajstić information content (AvgIpc) is 3.28. The van der Waals surface area contributed by atoms with Gasteiger partial charge in [0.25, 0.3) is 0 Å². The van der Waals surface area contributed by atoms with E-state index < -0.39 is 17.7 Å². The van der Waals surface area contributed by atoms with Gasteiger partial charge < -0.3 is 25.0 Å². The SMILES string of the molecule is COCCNc1ncc(-c2cnc(Nc3ccc(C)c(Cl)c3)nc2-n2cc(C(F)(F)F)cc2C)cc1C(=O)O. The number of alkyl halides is 3. The van der Waals surface area contributed by atoms with Gasteiger partial charge in [0.2, 0.25) is 5.95 Å². The van der Waals surface area contributed by atoms with Gasteiger partial charge in [-0.15, -0.1) is 0 Å². The number of ether oxygens (including phenoxy) is 1. The molecule has 0 aliphatic carbocycles. The molecule has 0 aliphatic heterocycles. The summed E-state index contributed by atoms with van der Waals surface area (Å²) in [6.45, 7) is 4.01. The molecule has 4 aromatic rings. The summed E-state index contributed by atoms with van der Waals surface area (Å²) < 4.78 is 46.8. The van der Waals surface area contributed by atoms with Crippen LogP contribution < -0.4 is 10.6 Å². The number of carbonyl (C=O) groups is 1. The number of aromatic nitrogens is 4. The highest BCUT2D eigenvalue weighted by Crippen LogP contribution is 2.34. The number of aromatic carboxylic acids is 1. The van der Waals surface area contributed by atoms with Crippen LogP contribution in [-0.2, 0) is 10.9 Å². The van der Waals surface area contributed by atoms with Crippen LogP contribution in [0, 0.1) is 13.8 Å². The zero-order valence-corrected chi connectivity index (χ0v) is 21.9. The fraction of sp³-hybridized carbons (Fsp3) is 0.231. The molecule has 0 atom stereocenters. The van der Waals surface area contributed by atoms with E-state index in [2.05, 4.69) is 25.6 Å². The molecule has 0 radical (unpaired) electrons. The lowest BCUT2D eigenvalue weighted by atomic mass is 10.1. The van der Waals surface area contributed by atoms with Crippen LogP contribution in [0.5, 0.6) is 0 Å². The van der Waals surface area contributed by atoms with Crippen molar-refractivity contribution < 1.29 is 27.8 Å². The molecule has 204 valence electrons. The summed E-state index contributed by atoms with van der Waals surface area (Å²) >= 11 is 6.21. The maximum absolute atomic E-state index is 13.5. The fourth-order valence-corrected chi connectivity index (χ4v) is 3.94. The highest BCUT2D eigenvalue weighted by Gasteiger charge is 2.33. The van der Waals surface area contributed by atoms with E-state index in [9.17, 15) is 23.1 Å². The molecule has 3 N–H and O–H groups in total. The Labute approximate surface area is 226 Å². The Morgan fingerprint density at radius 1 is 1.15 bits per heavy atom. The molecule has 1 aromatic carbocycles. The molecule has 0 spiro atoms. The molecule has 0 saturated heterocycles. The number of aryl methyl sites for hydroxylation is 2. The second-order valence-corrected chi connectivity index (χ2v) is 9.01. The van der Waals surface area contributed by atoms with Gasteiger partial charge in [0, 0.05) is 59.8 Å². The van der Waals surface area contributed by atoms with Gasteiger partial charge in [-0.05, 0) is 43.7 Å². The van der Waals surface area contributed by atoms with E-state index >= 15 is 0 Å². The van der Waals surface area contributed by atoms with Crippen LogP contribution in [-0.4, -0.2) is 50.9 Å². The Morgan fingerprint density at radius 3 is 2.56 bits per heavy atom. The predicted molar refractivity (Wildman–Crippen MR) is 141 cm³/mol. The zero-order chi connectivity index (χ0) is 28.3. The minimum absolute atomic E-state index is 0.0944. The highest BCUT2D eigenvalue weighted by atomic mass is 35.5. The fourth-order valence-electron chi connectivity index (χ4n) is 3.76. The number of anilines is 3. The minimum atomic E-state index is -4.57. The van der Waals surface area contributed by atoms with Gasteiger partial charge in [-0.3, -0.25) is 0 Å². The Morgan fingerprint density at radius 2 is 1.92 bits per heavy atom. The van der Waals surface area contributed by atoms with Crippen LogP contribution in [0.1, 0.15) is 27.2 Å². The molecular formula is C26H24ClF3N6O3. The lowest BCUT2D eigenvalue weighted by Crippen LogP contribution is -2.13. The van der Waals surface area contributed by atoms with E-state index in [0.29, 0.717) is 29.4 Å². The zero-order valence-electron chi connectivity index (χ0n) is 21.1. The molecule has 0 aliphatic rings. The molecule has 0 bridgehead atoms. The number of nitrogens with one attached hydrogen (secondary N) is 2. The van der Waals surface area contributed by atoms with E-state index in [0.717, 1.165) is 17.8 Å². The molecule has 9 nitrogen and oxygen atoms in total. The van der Waals surface area contributed by atoms with Crippen molar-refractivity contribution in [3.05, 3.63) is 76.3 Å². The van der Waals surface area contributed by atoms with Gasteiger partial charge in [0.05, 0.1) is 12.2 Å². The molecule has 4 rings (SSSR count). The molecule has 0 unspecified atom stereocenters. The van der Waals surface area contributed by atoms with Crippen LogP contribution in [0.4, 0.5) is 30.6 Å². The van der Waals surface area contributed by atoms with Gasteiger partial charge in [-0.25, -0.2) is 14.8 Å². The number of carboxylic acid groups (broad SMARTS) is 1. The normalized spacial score (nSPS) is 11.5. The Balaban J connectivity index is 1.84. The molecule has 0 fully saturated rings. The third-order valence-electron chi connectivity index (χ3n) is 5.79. The number of hydrogen-bond acceptors (Lipinski definition) is 7. The van der Waals surface area contributed by atoms with Crippen LogP contribution >= 0.6 is 11.6 Å². The number of carboxylic acids is 1. The monoisotopic (exact) mass is 560 g/mol. The number of nitrogens with zero attached hydrogens (tertiary/aromatic N) is 4. The van der Waals surface area contributed by atoms with Crippen molar-refractivity contribution in [2.24, 2.45) is 0 Å². The van der Waals surface area contributed by atoms with E-state index in [-0.39, 0.29) is 34.4 Å². The Hall–Kier alpha value is -4.16. The molecule has 0 amide bonds. The molecule has 3 heterocycles.